The van der Waals surface area contributed by atoms with Crippen LogP contribution in [0.4, 0.5) is 0 Å². The zero-order valence-corrected chi connectivity index (χ0v) is 9.55. The zero-order chi connectivity index (χ0) is 12.4. The maximum absolute atomic E-state index is 11.0. The van der Waals surface area contributed by atoms with Gasteiger partial charge in [-0.15, -0.1) is 0 Å². The smallest absolute Gasteiger partial charge is 0.251 e. The van der Waals surface area contributed by atoms with E-state index in [4.69, 9.17) is 11.5 Å². The Bertz CT molecular complexity index is 559. The van der Waals surface area contributed by atoms with Crippen molar-refractivity contribution in [2.75, 3.05) is 0 Å². The van der Waals surface area contributed by atoms with E-state index in [0.717, 1.165) is 16.8 Å². The number of hydrogen-bond donors (Lipinski definition) is 2. The first-order valence-electron chi connectivity index (χ1n) is 5.26. The van der Waals surface area contributed by atoms with Crippen molar-refractivity contribution in [3.05, 3.63) is 47.3 Å². The molecule has 0 atom stereocenters. The molecular formula is C12H14N4O. The Morgan fingerprint density at radius 2 is 2.24 bits per heavy atom. The average molecular weight is 230 g/mol. The van der Waals surface area contributed by atoms with Crippen molar-refractivity contribution < 1.29 is 4.79 Å². The molecule has 88 valence electrons. The molecule has 1 heterocycles. The van der Waals surface area contributed by atoms with Crippen LogP contribution in [0.15, 0.2) is 30.6 Å². The molecule has 0 unspecified atom stereocenters. The number of nitrogens with two attached hydrogens (primary N) is 2. The van der Waals surface area contributed by atoms with E-state index >= 15 is 0 Å². The number of nitrogens with zero attached hydrogens (tertiary/aromatic N) is 2. The molecule has 0 aliphatic rings. The number of aromatic nitrogens is 2. The number of carbonyl (C=O) groups is 1. The van der Waals surface area contributed by atoms with Crippen LogP contribution < -0.4 is 11.5 Å². The van der Waals surface area contributed by atoms with E-state index in [-0.39, 0.29) is 0 Å². The maximum atomic E-state index is 11.0. The van der Waals surface area contributed by atoms with E-state index in [9.17, 15) is 4.79 Å². The molecule has 4 N–H and O–H groups in total. The summed E-state index contributed by atoms with van der Waals surface area (Å²) in [5.74, 6) is -0.483. The van der Waals surface area contributed by atoms with Crippen molar-refractivity contribution in [1.82, 2.24) is 9.78 Å². The van der Waals surface area contributed by atoms with Crippen LogP contribution in [-0.4, -0.2) is 15.7 Å². The van der Waals surface area contributed by atoms with Gasteiger partial charge in [0.25, 0.3) is 5.91 Å². The Morgan fingerprint density at radius 1 is 1.47 bits per heavy atom. The predicted molar refractivity (Wildman–Crippen MR) is 64.7 cm³/mol. The third-order valence-electron chi connectivity index (χ3n) is 2.62. The number of carbonyl (C=O) groups excluding carboxylic acids is 1. The molecule has 1 amide bonds. The van der Waals surface area contributed by atoms with Gasteiger partial charge in [0.2, 0.25) is 0 Å². The summed E-state index contributed by atoms with van der Waals surface area (Å²) in [6.07, 6.45) is 3.07. The van der Waals surface area contributed by atoms with E-state index in [1.54, 1.807) is 10.9 Å². The summed E-state index contributed by atoms with van der Waals surface area (Å²) in [6, 6.07) is 5.90. The summed E-state index contributed by atoms with van der Waals surface area (Å²) in [4.78, 5) is 11.0. The molecule has 1 aromatic heterocycles. The fourth-order valence-corrected chi connectivity index (χ4v) is 1.61. The summed E-state index contributed by atoms with van der Waals surface area (Å²) < 4.78 is 1.63. The van der Waals surface area contributed by atoms with Crippen molar-refractivity contribution in [3.63, 3.8) is 0 Å². The molecule has 0 saturated carbocycles. The minimum absolute atomic E-state index is 0.391. The number of aryl methyl sites for hydroxylation is 1. The quantitative estimate of drug-likeness (QED) is 0.815. The highest BCUT2D eigenvalue weighted by atomic mass is 16.1. The molecule has 0 bridgehead atoms. The molecule has 2 rings (SSSR count). The van der Waals surface area contributed by atoms with Gasteiger partial charge in [-0.25, -0.2) is 4.68 Å². The molecule has 17 heavy (non-hydrogen) atoms. The monoisotopic (exact) mass is 230 g/mol. The first kappa shape index (κ1) is 11.3. The lowest BCUT2D eigenvalue weighted by molar-refractivity contribution is 0.100. The van der Waals surface area contributed by atoms with E-state index in [1.165, 1.54) is 6.20 Å². The van der Waals surface area contributed by atoms with E-state index in [0.29, 0.717) is 12.1 Å². The average Bonchev–Trinajstić information content (AvgIpc) is 2.79. The number of primary amides is 1. The number of amides is 1. The summed E-state index contributed by atoms with van der Waals surface area (Å²) >= 11 is 0. The highest BCUT2D eigenvalue weighted by molar-refractivity contribution is 5.92. The number of hydrogen-bond acceptors (Lipinski definition) is 3. The summed E-state index contributed by atoms with van der Waals surface area (Å²) in [7, 11) is 0. The zero-order valence-electron chi connectivity index (χ0n) is 9.55. The first-order chi connectivity index (χ1) is 8.11. The van der Waals surface area contributed by atoms with Crippen LogP contribution in [0.3, 0.4) is 0 Å². The highest BCUT2D eigenvalue weighted by Gasteiger charge is 2.07. The molecule has 0 saturated heterocycles. The predicted octanol–water partition coefficient (Wildman–Crippen LogP) is 0.738. The molecule has 0 radical (unpaired) electrons. The Kier molecular flexibility index (Phi) is 2.93. The van der Waals surface area contributed by atoms with Gasteiger partial charge in [0.05, 0.1) is 17.4 Å². The van der Waals surface area contributed by atoms with Crippen LogP contribution in [-0.2, 0) is 6.54 Å². The number of benzene rings is 1. The van der Waals surface area contributed by atoms with Crippen molar-refractivity contribution in [2.45, 2.75) is 13.5 Å². The van der Waals surface area contributed by atoms with Crippen LogP contribution in [0, 0.1) is 6.92 Å². The molecule has 5 nitrogen and oxygen atoms in total. The van der Waals surface area contributed by atoms with Gasteiger partial charge in [0, 0.05) is 12.7 Å². The Balaban J connectivity index is 2.47. The summed E-state index contributed by atoms with van der Waals surface area (Å²) in [5.41, 5.74) is 14.2. The lowest BCUT2D eigenvalue weighted by atomic mass is 10.1. The second-order valence-electron chi connectivity index (χ2n) is 3.86. The van der Waals surface area contributed by atoms with Crippen molar-refractivity contribution >= 4 is 5.91 Å². The summed E-state index contributed by atoms with van der Waals surface area (Å²) in [6.45, 7) is 2.44. The van der Waals surface area contributed by atoms with Crippen molar-refractivity contribution in [3.8, 4) is 5.69 Å². The van der Waals surface area contributed by atoms with Crippen molar-refractivity contribution in [1.29, 1.82) is 0 Å². The lowest BCUT2D eigenvalue weighted by Gasteiger charge is -2.07. The molecule has 1 aromatic carbocycles. The van der Waals surface area contributed by atoms with Crippen LogP contribution in [0.25, 0.3) is 5.69 Å². The third-order valence-corrected chi connectivity index (χ3v) is 2.62. The molecule has 0 aliphatic carbocycles. The summed E-state index contributed by atoms with van der Waals surface area (Å²) in [5, 5.41) is 4.12. The Hall–Kier alpha value is -2.14. The standard InChI is InChI=1S/C12H14N4O/c1-8-2-3-9(5-13)4-11(8)16-7-10(6-15-16)12(14)17/h2-4,6-7H,5,13H2,1H3,(H2,14,17). The van der Waals surface area contributed by atoms with Gasteiger partial charge >= 0.3 is 0 Å². The van der Waals surface area contributed by atoms with Gasteiger partial charge < -0.3 is 11.5 Å². The molecule has 2 aromatic rings. The van der Waals surface area contributed by atoms with Gasteiger partial charge in [0.15, 0.2) is 0 Å². The van der Waals surface area contributed by atoms with Gasteiger partial charge in [0.1, 0.15) is 0 Å². The molecule has 5 heteroatoms. The van der Waals surface area contributed by atoms with E-state index < -0.39 is 5.91 Å². The molecule has 0 fully saturated rings. The maximum Gasteiger partial charge on any atom is 0.251 e. The van der Waals surface area contributed by atoms with E-state index in [2.05, 4.69) is 5.10 Å². The van der Waals surface area contributed by atoms with Gasteiger partial charge in [-0.3, -0.25) is 4.79 Å². The fourth-order valence-electron chi connectivity index (χ4n) is 1.61. The minimum atomic E-state index is -0.483. The number of rotatable bonds is 3. The fraction of sp³-hybridized carbons (Fsp3) is 0.167. The second-order valence-corrected chi connectivity index (χ2v) is 3.86. The highest BCUT2D eigenvalue weighted by Crippen LogP contribution is 2.15. The van der Waals surface area contributed by atoms with Crippen LogP contribution >= 0.6 is 0 Å². The van der Waals surface area contributed by atoms with Gasteiger partial charge in [-0.05, 0) is 24.1 Å². The molecular weight excluding hydrogens is 216 g/mol. The SMILES string of the molecule is Cc1ccc(CN)cc1-n1cc(C(N)=O)cn1. The van der Waals surface area contributed by atoms with E-state index in [1.807, 2.05) is 25.1 Å². The van der Waals surface area contributed by atoms with Crippen molar-refractivity contribution in [2.24, 2.45) is 11.5 Å². The topological polar surface area (TPSA) is 86.9 Å². The van der Waals surface area contributed by atoms with Gasteiger partial charge in [-0.1, -0.05) is 12.1 Å². The third kappa shape index (κ3) is 2.19. The van der Waals surface area contributed by atoms with Gasteiger partial charge in [-0.2, -0.15) is 5.10 Å². The lowest BCUT2D eigenvalue weighted by Crippen LogP contribution is -2.09. The first-order valence-corrected chi connectivity index (χ1v) is 5.26. The Labute approximate surface area is 99.0 Å². The molecule has 0 spiro atoms. The molecule has 0 aliphatic heterocycles. The second kappa shape index (κ2) is 4.39. The normalized spacial score (nSPS) is 10.5. The minimum Gasteiger partial charge on any atom is -0.366 e. The van der Waals surface area contributed by atoms with Crippen LogP contribution in [0.5, 0.6) is 0 Å². The van der Waals surface area contributed by atoms with Crippen LogP contribution in [0.2, 0.25) is 0 Å². The largest absolute Gasteiger partial charge is 0.366 e. The Morgan fingerprint density at radius 3 is 2.82 bits per heavy atom. The van der Waals surface area contributed by atoms with Crippen LogP contribution in [0.1, 0.15) is 21.5 Å².